The molecule has 3 nitrogen and oxygen atoms in total. The Balaban J connectivity index is 1.64. The maximum Gasteiger partial charge on any atom is 0.338 e. The topological polar surface area (TPSA) is 38.3 Å². The summed E-state index contributed by atoms with van der Waals surface area (Å²) in [7, 11) is 0. The third kappa shape index (κ3) is 3.14. The smallest absolute Gasteiger partial charge is 0.338 e. The van der Waals surface area contributed by atoms with Gasteiger partial charge in [-0.2, -0.15) is 0 Å². The third-order valence-corrected chi connectivity index (χ3v) is 5.30. The van der Waals surface area contributed by atoms with Crippen LogP contribution in [0.25, 0.3) is 0 Å². The van der Waals surface area contributed by atoms with Crippen molar-refractivity contribution in [2.24, 2.45) is 11.8 Å². The molecule has 134 valence electrons. The van der Waals surface area contributed by atoms with E-state index in [1.807, 2.05) is 32.0 Å². The van der Waals surface area contributed by atoms with Gasteiger partial charge in [-0.3, -0.25) is 0 Å². The molecule has 0 bridgehead atoms. The van der Waals surface area contributed by atoms with Crippen molar-refractivity contribution in [3.05, 3.63) is 77.4 Å². The number of carbonyl (C=O) groups is 1. The van der Waals surface area contributed by atoms with E-state index in [9.17, 15) is 4.79 Å². The molecule has 3 heteroatoms. The average Bonchev–Trinajstić information content (AvgIpc) is 3.16. The van der Waals surface area contributed by atoms with Gasteiger partial charge in [0.2, 0.25) is 0 Å². The van der Waals surface area contributed by atoms with Crippen LogP contribution in [0.2, 0.25) is 0 Å². The van der Waals surface area contributed by atoms with Gasteiger partial charge in [-0.1, -0.05) is 56.3 Å². The van der Waals surface area contributed by atoms with E-state index in [1.165, 1.54) is 11.1 Å². The van der Waals surface area contributed by atoms with Crippen LogP contribution in [0.3, 0.4) is 0 Å². The number of rotatable bonds is 4. The molecule has 2 aromatic rings. The van der Waals surface area contributed by atoms with Gasteiger partial charge in [0.15, 0.2) is 0 Å². The minimum absolute atomic E-state index is 0.231. The highest BCUT2D eigenvalue weighted by atomic mass is 16.5. The molecule has 0 fully saturated rings. The highest BCUT2D eigenvalue weighted by molar-refractivity contribution is 5.90. The predicted octanol–water partition coefficient (Wildman–Crippen LogP) is 5.33. The van der Waals surface area contributed by atoms with Gasteiger partial charge < -0.3 is 10.1 Å². The van der Waals surface area contributed by atoms with Crippen molar-refractivity contribution in [1.29, 1.82) is 0 Å². The summed E-state index contributed by atoms with van der Waals surface area (Å²) in [5.41, 5.74) is 4.28. The summed E-state index contributed by atoms with van der Waals surface area (Å²) in [4.78, 5) is 12.4. The van der Waals surface area contributed by atoms with Crippen molar-refractivity contribution in [2.45, 2.75) is 32.2 Å². The summed E-state index contributed by atoms with van der Waals surface area (Å²) in [5, 5.41) is 3.71. The van der Waals surface area contributed by atoms with Gasteiger partial charge in [-0.25, -0.2) is 4.79 Å². The molecule has 0 amide bonds. The number of nitrogens with one attached hydrogen (secondary N) is 1. The molecule has 1 heterocycles. The van der Waals surface area contributed by atoms with Crippen molar-refractivity contribution >= 4 is 11.7 Å². The number of esters is 1. The van der Waals surface area contributed by atoms with Crippen LogP contribution in [0.15, 0.2) is 60.7 Å². The molecular weight excluding hydrogens is 322 g/mol. The minimum atomic E-state index is -0.231. The highest BCUT2D eigenvalue weighted by Gasteiger charge is 2.38. The maximum atomic E-state index is 12.4. The number of anilines is 1. The fraction of sp³-hybridized carbons (Fsp3) is 0.348. The molecule has 0 radical (unpaired) electrons. The first-order chi connectivity index (χ1) is 12.6. The summed E-state index contributed by atoms with van der Waals surface area (Å²) in [6, 6.07) is 16.8. The molecule has 2 aromatic carbocycles. The van der Waals surface area contributed by atoms with Gasteiger partial charge in [0, 0.05) is 11.6 Å². The van der Waals surface area contributed by atoms with Gasteiger partial charge in [0.05, 0.1) is 18.2 Å². The van der Waals surface area contributed by atoms with Crippen LogP contribution in [0.5, 0.6) is 0 Å². The molecule has 0 spiro atoms. The van der Waals surface area contributed by atoms with Crippen LogP contribution in [0.4, 0.5) is 5.69 Å². The lowest BCUT2D eigenvalue weighted by molar-refractivity contribution is 0.0459. The Morgan fingerprint density at radius 3 is 2.77 bits per heavy atom. The number of benzene rings is 2. The predicted molar refractivity (Wildman–Crippen MR) is 104 cm³/mol. The van der Waals surface area contributed by atoms with E-state index in [-0.39, 0.29) is 5.97 Å². The first-order valence-electron chi connectivity index (χ1n) is 9.42. The lowest BCUT2D eigenvalue weighted by Crippen LogP contribution is -2.29. The standard InChI is InChI=1S/C23H25NO2/c1-15(2)14-26-23(25)17-11-12-21-20(13-17)18-9-6-10-19(18)22(24-21)16-7-4-3-5-8-16/h3-9,11-13,15,18-19,22,24H,10,14H2,1-2H3/t18-,19-,22+/m0/s1. The Kier molecular flexibility index (Phi) is 4.54. The van der Waals surface area contributed by atoms with Crippen molar-refractivity contribution in [1.82, 2.24) is 0 Å². The van der Waals surface area contributed by atoms with Gasteiger partial charge in [0.25, 0.3) is 0 Å². The van der Waals surface area contributed by atoms with Gasteiger partial charge in [-0.05, 0) is 47.6 Å². The Bertz CT molecular complexity index is 825. The van der Waals surface area contributed by atoms with Crippen LogP contribution in [-0.2, 0) is 4.74 Å². The lowest BCUT2D eigenvalue weighted by atomic mass is 9.76. The lowest BCUT2D eigenvalue weighted by Gasteiger charge is -2.37. The SMILES string of the molecule is CC(C)COC(=O)c1ccc2c(c1)[C@H]1C=CC[C@@H]1[C@@H](c1ccccc1)N2. The molecule has 0 saturated heterocycles. The zero-order valence-corrected chi connectivity index (χ0v) is 15.3. The number of allylic oxidation sites excluding steroid dienone is 2. The van der Waals surface area contributed by atoms with Crippen molar-refractivity contribution < 1.29 is 9.53 Å². The molecule has 4 rings (SSSR count). The van der Waals surface area contributed by atoms with Crippen LogP contribution < -0.4 is 5.32 Å². The number of fused-ring (bicyclic) bond motifs is 3. The number of hydrogen-bond donors (Lipinski definition) is 1. The molecule has 0 unspecified atom stereocenters. The summed E-state index contributed by atoms with van der Waals surface area (Å²) in [6.07, 6.45) is 5.62. The monoisotopic (exact) mass is 347 g/mol. The van der Waals surface area contributed by atoms with Gasteiger partial charge >= 0.3 is 5.97 Å². The summed E-state index contributed by atoms with van der Waals surface area (Å²) in [5.74, 6) is 0.929. The van der Waals surface area contributed by atoms with E-state index in [0.29, 0.717) is 36.0 Å². The fourth-order valence-electron chi connectivity index (χ4n) is 4.04. The largest absolute Gasteiger partial charge is 0.462 e. The zero-order valence-electron chi connectivity index (χ0n) is 15.3. The van der Waals surface area contributed by atoms with Crippen LogP contribution in [-0.4, -0.2) is 12.6 Å². The van der Waals surface area contributed by atoms with E-state index in [0.717, 1.165) is 12.1 Å². The Labute approximate surface area is 155 Å². The molecule has 1 N–H and O–H groups in total. The third-order valence-electron chi connectivity index (χ3n) is 5.30. The van der Waals surface area contributed by atoms with E-state index in [4.69, 9.17) is 4.74 Å². The second-order valence-electron chi connectivity index (χ2n) is 7.68. The Hall–Kier alpha value is -2.55. The fourth-order valence-corrected chi connectivity index (χ4v) is 4.04. The van der Waals surface area contributed by atoms with Gasteiger partial charge in [-0.15, -0.1) is 0 Å². The second-order valence-corrected chi connectivity index (χ2v) is 7.68. The van der Waals surface area contributed by atoms with E-state index in [2.05, 4.69) is 47.8 Å². The first kappa shape index (κ1) is 16.9. The highest BCUT2D eigenvalue weighted by Crippen LogP contribution is 2.49. The Morgan fingerprint density at radius 1 is 1.19 bits per heavy atom. The minimum Gasteiger partial charge on any atom is -0.462 e. The zero-order chi connectivity index (χ0) is 18.1. The van der Waals surface area contributed by atoms with E-state index in [1.54, 1.807) is 0 Å². The first-order valence-corrected chi connectivity index (χ1v) is 9.42. The van der Waals surface area contributed by atoms with Crippen molar-refractivity contribution in [3.63, 3.8) is 0 Å². The number of hydrogen-bond acceptors (Lipinski definition) is 3. The Morgan fingerprint density at radius 2 is 2.00 bits per heavy atom. The van der Waals surface area contributed by atoms with Crippen LogP contribution in [0, 0.1) is 11.8 Å². The van der Waals surface area contributed by atoms with Crippen LogP contribution in [0.1, 0.15) is 53.7 Å². The summed E-state index contributed by atoms with van der Waals surface area (Å²) < 4.78 is 5.40. The molecule has 26 heavy (non-hydrogen) atoms. The molecule has 1 aliphatic carbocycles. The number of carbonyl (C=O) groups excluding carboxylic acids is 1. The molecule has 0 saturated carbocycles. The van der Waals surface area contributed by atoms with Crippen LogP contribution >= 0.6 is 0 Å². The summed E-state index contributed by atoms with van der Waals surface area (Å²) >= 11 is 0. The molecule has 2 aliphatic rings. The quantitative estimate of drug-likeness (QED) is 0.600. The van der Waals surface area contributed by atoms with Gasteiger partial charge in [0.1, 0.15) is 0 Å². The molecular formula is C23H25NO2. The average molecular weight is 347 g/mol. The maximum absolute atomic E-state index is 12.4. The summed E-state index contributed by atoms with van der Waals surface area (Å²) in [6.45, 7) is 4.54. The van der Waals surface area contributed by atoms with Crippen molar-refractivity contribution in [3.8, 4) is 0 Å². The van der Waals surface area contributed by atoms with E-state index >= 15 is 0 Å². The molecule has 1 aliphatic heterocycles. The molecule has 3 atom stereocenters. The number of ether oxygens (including phenoxy) is 1. The normalized spacial score (nSPS) is 23.3. The molecule has 0 aromatic heterocycles. The van der Waals surface area contributed by atoms with Crippen molar-refractivity contribution in [2.75, 3.05) is 11.9 Å². The van der Waals surface area contributed by atoms with E-state index < -0.39 is 0 Å². The second kappa shape index (κ2) is 6.99.